The molecule has 5 rings (SSSR count). The number of hydrazine groups is 1. The molecule has 5 heterocycles. The van der Waals surface area contributed by atoms with Crippen LogP contribution in [0.1, 0.15) is 57.1 Å². The Morgan fingerprint density at radius 1 is 1.10 bits per heavy atom. The number of carbonyl (C=O) groups is 2. The third-order valence-corrected chi connectivity index (χ3v) is 7.83. The van der Waals surface area contributed by atoms with Crippen molar-refractivity contribution in [2.45, 2.75) is 71.8 Å². The zero-order valence-corrected chi connectivity index (χ0v) is 24.0. The molecule has 0 spiro atoms. The summed E-state index contributed by atoms with van der Waals surface area (Å²) < 4.78 is 46.3. The molecule has 41 heavy (non-hydrogen) atoms. The van der Waals surface area contributed by atoms with Crippen LogP contribution in [0.15, 0.2) is 6.07 Å². The Bertz CT molecular complexity index is 1450. The van der Waals surface area contributed by atoms with Crippen LogP contribution in [0.5, 0.6) is 0 Å². The minimum atomic E-state index is -4.58. The standard InChI is InChI=1S/C25H32F3N9O3S/c1-5-6-15-11-16-18(35-9-10-37-17(13-35)31-33-21(37)25(26,27)28)29-22(30-20(16)41-15)36-8-7-14(12-36)19(38)32-34-23(39)40-24(2,3)4/h11,14H,5-10,12-13H2,1-4H3,(H,32,38)(H,34,39). The molecule has 1 atom stereocenters. The highest BCUT2D eigenvalue weighted by Crippen LogP contribution is 2.37. The van der Waals surface area contributed by atoms with Gasteiger partial charge in [-0.25, -0.2) is 15.2 Å². The van der Waals surface area contributed by atoms with Crippen LogP contribution in [0.3, 0.4) is 0 Å². The molecule has 2 amide bonds. The highest BCUT2D eigenvalue weighted by Gasteiger charge is 2.40. The van der Waals surface area contributed by atoms with Gasteiger partial charge in [0.1, 0.15) is 16.2 Å². The van der Waals surface area contributed by atoms with E-state index < -0.39 is 29.6 Å². The molecular formula is C25H32F3N9O3S. The first-order valence-corrected chi connectivity index (χ1v) is 14.2. The second-order valence-corrected chi connectivity index (χ2v) is 12.2. The van der Waals surface area contributed by atoms with E-state index in [0.717, 1.165) is 32.5 Å². The van der Waals surface area contributed by atoms with Crippen molar-refractivity contribution >= 4 is 45.3 Å². The monoisotopic (exact) mass is 595 g/mol. The Morgan fingerprint density at radius 3 is 2.59 bits per heavy atom. The number of amides is 2. The van der Waals surface area contributed by atoms with Crippen LogP contribution in [0, 0.1) is 5.92 Å². The topological polar surface area (TPSA) is 130 Å². The minimum Gasteiger partial charge on any atom is -0.443 e. The molecule has 1 saturated heterocycles. The van der Waals surface area contributed by atoms with E-state index in [2.05, 4.69) is 28.0 Å². The maximum absolute atomic E-state index is 13.4. The van der Waals surface area contributed by atoms with Gasteiger partial charge in [0, 0.05) is 31.1 Å². The summed E-state index contributed by atoms with van der Waals surface area (Å²) in [5.74, 6) is -0.486. The van der Waals surface area contributed by atoms with Gasteiger partial charge in [-0.15, -0.1) is 21.5 Å². The van der Waals surface area contributed by atoms with Gasteiger partial charge < -0.3 is 19.1 Å². The largest absolute Gasteiger partial charge is 0.451 e. The van der Waals surface area contributed by atoms with Crippen molar-refractivity contribution in [2.24, 2.45) is 5.92 Å². The lowest BCUT2D eigenvalue weighted by molar-refractivity contribution is -0.147. The number of rotatable bonds is 5. The fraction of sp³-hybridized carbons (Fsp3) is 0.600. The fourth-order valence-electron chi connectivity index (χ4n) is 4.92. The number of hydrogen-bond donors (Lipinski definition) is 2. The molecule has 3 aromatic heterocycles. The molecule has 0 radical (unpaired) electrons. The van der Waals surface area contributed by atoms with Gasteiger partial charge in [0.25, 0.3) is 0 Å². The minimum absolute atomic E-state index is 0.0700. The van der Waals surface area contributed by atoms with E-state index in [0.29, 0.717) is 37.8 Å². The molecule has 12 nitrogen and oxygen atoms in total. The quantitative estimate of drug-likeness (QED) is 0.425. The first-order valence-electron chi connectivity index (χ1n) is 13.4. The summed E-state index contributed by atoms with van der Waals surface area (Å²) in [5.41, 5.74) is 4.00. The van der Waals surface area contributed by atoms with E-state index in [1.54, 1.807) is 32.1 Å². The molecule has 0 aliphatic carbocycles. The third-order valence-electron chi connectivity index (χ3n) is 6.74. The van der Waals surface area contributed by atoms with E-state index in [4.69, 9.17) is 14.7 Å². The molecule has 0 aromatic carbocycles. The zero-order valence-electron chi connectivity index (χ0n) is 23.2. The lowest BCUT2D eigenvalue weighted by Gasteiger charge is -2.30. The van der Waals surface area contributed by atoms with Gasteiger partial charge in [-0.05, 0) is 39.7 Å². The number of thiophene rings is 1. The summed E-state index contributed by atoms with van der Waals surface area (Å²) in [6.07, 6.45) is -2.98. The SMILES string of the molecule is CCCc1cc2c(N3CCn4c(nnc4C(F)(F)F)C3)nc(N3CCC(C(=O)NNC(=O)OC(C)(C)C)C3)nc2s1. The number of nitrogens with zero attached hydrogens (tertiary/aromatic N) is 7. The van der Waals surface area contributed by atoms with Gasteiger partial charge >= 0.3 is 12.3 Å². The van der Waals surface area contributed by atoms with Crippen LogP contribution < -0.4 is 20.7 Å². The van der Waals surface area contributed by atoms with E-state index in [1.165, 1.54) is 0 Å². The van der Waals surface area contributed by atoms with Crippen LogP contribution in [-0.2, 0) is 35.2 Å². The Balaban J connectivity index is 1.36. The Labute approximate surface area is 238 Å². The van der Waals surface area contributed by atoms with Gasteiger partial charge in [0.15, 0.2) is 5.82 Å². The summed E-state index contributed by atoms with van der Waals surface area (Å²) in [6, 6.07) is 2.05. The number of anilines is 2. The van der Waals surface area contributed by atoms with Gasteiger partial charge in [0.2, 0.25) is 17.7 Å². The first-order chi connectivity index (χ1) is 19.3. The van der Waals surface area contributed by atoms with Gasteiger partial charge in [-0.1, -0.05) is 13.3 Å². The van der Waals surface area contributed by atoms with Crippen molar-refractivity contribution in [1.82, 2.24) is 35.6 Å². The molecule has 16 heteroatoms. The smallest absolute Gasteiger partial charge is 0.443 e. The molecule has 0 saturated carbocycles. The van der Waals surface area contributed by atoms with E-state index >= 15 is 0 Å². The van der Waals surface area contributed by atoms with Crippen molar-refractivity contribution in [3.05, 3.63) is 22.6 Å². The molecule has 1 unspecified atom stereocenters. The normalized spacial score (nSPS) is 17.6. The Hall–Kier alpha value is -3.69. The second kappa shape index (κ2) is 10.9. The lowest BCUT2D eigenvalue weighted by atomic mass is 10.1. The highest BCUT2D eigenvalue weighted by atomic mass is 32.1. The molecule has 2 N–H and O–H groups in total. The maximum atomic E-state index is 13.4. The summed E-state index contributed by atoms with van der Waals surface area (Å²) >= 11 is 1.56. The second-order valence-electron chi connectivity index (χ2n) is 11.1. The average Bonchev–Trinajstić information content (AvgIpc) is 3.63. The summed E-state index contributed by atoms with van der Waals surface area (Å²) in [7, 11) is 0. The first kappa shape index (κ1) is 28.8. The van der Waals surface area contributed by atoms with Crippen molar-refractivity contribution in [3.63, 3.8) is 0 Å². The fourth-order valence-corrected chi connectivity index (χ4v) is 6.04. The van der Waals surface area contributed by atoms with Crippen LogP contribution in [-0.4, -0.2) is 62.0 Å². The molecule has 0 bridgehead atoms. The molecular weight excluding hydrogens is 563 g/mol. The van der Waals surface area contributed by atoms with Crippen LogP contribution in [0.4, 0.5) is 29.7 Å². The predicted octanol–water partition coefficient (Wildman–Crippen LogP) is 3.66. The molecule has 1 fully saturated rings. The number of alkyl halides is 3. The number of ether oxygens (including phenoxy) is 1. The average molecular weight is 596 g/mol. The van der Waals surface area contributed by atoms with Gasteiger partial charge in [0.05, 0.1) is 17.8 Å². The molecule has 2 aliphatic rings. The Morgan fingerprint density at radius 2 is 1.88 bits per heavy atom. The van der Waals surface area contributed by atoms with E-state index in [1.807, 2.05) is 15.9 Å². The van der Waals surface area contributed by atoms with Crippen molar-refractivity contribution in [1.29, 1.82) is 0 Å². The van der Waals surface area contributed by atoms with Crippen molar-refractivity contribution in [3.8, 4) is 0 Å². The third kappa shape index (κ3) is 6.31. The van der Waals surface area contributed by atoms with Crippen LogP contribution in [0.25, 0.3) is 10.2 Å². The maximum Gasteiger partial charge on any atom is 0.451 e. The Kier molecular flexibility index (Phi) is 7.70. The lowest BCUT2D eigenvalue weighted by Crippen LogP contribution is -2.47. The molecule has 3 aromatic rings. The van der Waals surface area contributed by atoms with Gasteiger partial charge in [-0.2, -0.15) is 18.2 Å². The van der Waals surface area contributed by atoms with Crippen LogP contribution >= 0.6 is 11.3 Å². The number of nitrogens with one attached hydrogen (secondary N) is 2. The zero-order chi connectivity index (χ0) is 29.5. The molecule has 2 aliphatic heterocycles. The number of carbonyl (C=O) groups excluding carboxylic acids is 2. The number of aromatic nitrogens is 5. The molecule has 222 valence electrons. The predicted molar refractivity (Wildman–Crippen MR) is 145 cm³/mol. The summed E-state index contributed by atoms with van der Waals surface area (Å²) in [4.78, 5) is 40.0. The number of fused-ring (bicyclic) bond motifs is 2. The summed E-state index contributed by atoms with van der Waals surface area (Å²) in [5, 5.41) is 8.03. The van der Waals surface area contributed by atoms with E-state index in [9.17, 15) is 22.8 Å². The van der Waals surface area contributed by atoms with Crippen molar-refractivity contribution < 1.29 is 27.5 Å². The summed E-state index contributed by atoms with van der Waals surface area (Å²) in [6.45, 7) is 8.60. The number of aryl methyl sites for hydroxylation is 1. The van der Waals surface area contributed by atoms with Gasteiger partial charge in [-0.3, -0.25) is 10.2 Å². The van der Waals surface area contributed by atoms with Crippen LogP contribution in [0.2, 0.25) is 0 Å². The highest BCUT2D eigenvalue weighted by molar-refractivity contribution is 7.18. The van der Waals surface area contributed by atoms with Crippen molar-refractivity contribution in [2.75, 3.05) is 29.4 Å². The van der Waals surface area contributed by atoms with E-state index in [-0.39, 0.29) is 24.8 Å². The number of hydrogen-bond acceptors (Lipinski definition) is 10. The number of halogens is 3.